The molecule has 5 heteroatoms. The van der Waals surface area contributed by atoms with E-state index in [-0.39, 0.29) is 5.78 Å². The van der Waals surface area contributed by atoms with Crippen molar-refractivity contribution in [1.29, 1.82) is 0 Å². The Morgan fingerprint density at radius 1 is 1.53 bits per heavy atom. The van der Waals surface area contributed by atoms with Crippen molar-refractivity contribution in [2.45, 2.75) is 27.0 Å². The first-order chi connectivity index (χ1) is 8.15. The number of hydrogen-bond acceptors (Lipinski definition) is 4. The molecule has 92 valence electrons. The summed E-state index contributed by atoms with van der Waals surface area (Å²) in [4.78, 5) is 23.2. The molecule has 2 rings (SSSR count). The third-order valence-corrected chi connectivity index (χ3v) is 2.76. The highest BCUT2D eigenvalue weighted by Crippen LogP contribution is 2.22. The van der Waals surface area contributed by atoms with Crippen LogP contribution in [0.4, 0.5) is 0 Å². The van der Waals surface area contributed by atoms with Crippen LogP contribution in [0.15, 0.2) is 6.07 Å². The number of carbonyl (C=O) groups is 2. The molecule has 0 saturated carbocycles. The van der Waals surface area contributed by atoms with Crippen molar-refractivity contribution in [2.75, 3.05) is 13.2 Å². The van der Waals surface area contributed by atoms with E-state index in [0.29, 0.717) is 37.6 Å². The van der Waals surface area contributed by atoms with Gasteiger partial charge >= 0.3 is 5.97 Å². The van der Waals surface area contributed by atoms with Crippen LogP contribution in [0.25, 0.3) is 0 Å². The van der Waals surface area contributed by atoms with Crippen LogP contribution in [-0.2, 0) is 22.6 Å². The van der Waals surface area contributed by atoms with E-state index in [1.807, 2.05) is 4.57 Å². The van der Waals surface area contributed by atoms with Crippen molar-refractivity contribution < 1.29 is 19.1 Å². The van der Waals surface area contributed by atoms with E-state index in [1.165, 1.54) is 6.92 Å². The van der Waals surface area contributed by atoms with Crippen LogP contribution in [0, 0.1) is 0 Å². The summed E-state index contributed by atoms with van der Waals surface area (Å²) in [5, 5.41) is 0. The first-order valence-electron chi connectivity index (χ1n) is 5.63. The van der Waals surface area contributed by atoms with Crippen LogP contribution in [0.3, 0.4) is 0 Å². The molecule has 0 N–H and O–H groups in total. The van der Waals surface area contributed by atoms with Crippen LogP contribution in [-0.4, -0.2) is 29.5 Å². The lowest BCUT2D eigenvalue weighted by Crippen LogP contribution is -2.21. The molecule has 0 aromatic carbocycles. The largest absolute Gasteiger partial charge is 0.462 e. The number of rotatable bonds is 3. The molecule has 1 aliphatic heterocycles. The molecule has 0 unspecified atom stereocenters. The normalized spacial score (nSPS) is 14.2. The van der Waals surface area contributed by atoms with Gasteiger partial charge in [0.2, 0.25) is 0 Å². The van der Waals surface area contributed by atoms with E-state index >= 15 is 0 Å². The van der Waals surface area contributed by atoms with Crippen molar-refractivity contribution >= 4 is 11.8 Å². The number of Topliss-reactive ketones (excluding diaryl/α,β-unsaturated/α-hetero) is 1. The van der Waals surface area contributed by atoms with Gasteiger partial charge in [-0.05, 0) is 13.0 Å². The summed E-state index contributed by atoms with van der Waals surface area (Å²) in [6.45, 7) is 5.07. The van der Waals surface area contributed by atoms with E-state index in [2.05, 4.69) is 0 Å². The maximum absolute atomic E-state index is 11.8. The van der Waals surface area contributed by atoms with Gasteiger partial charge in [-0.25, -0.2) is 4.79 Å². The molecular weight excluding hydrogens is 222 g/mol. The number of hydrogen-bond donors (Lipinski definition) is 0. The maximum atomic E-state index is 11.8. The minimum Gasteiger partial charge on any atom is -0.462 e. The number of nitrogens with zero attached hydrogens (tertiary/aromatic N) is 1. The number of aromatic nitrogens is 1. The van der Waals surface area contributed by atoms with Crippen LogP contribution < -0.4 is 0 Å². The van der Waals surface area contributed by atoms with Crippen LogP contribution in [0.2, 0.25) is 0 Å². The quantitative estimate of drug-likeness (QED) is 0.589. The fraction of sp³-hybridized carbons (Fsp3) is 0.500. The Hall–Kier alpha value is -1.62. The second-order valence-corrected chi connectivity index (χ2v) is 3.87. The highest BCUT2D eigenvalue weighted by atomic mass is 16.5. The molecule has 0 radical (unpaired) electrons. The molecule has 1 aliphatic rings. The average Bonchev–Trinajstić information content (AvgIpc) is 2.69. The van der Waals surface area contributed by atoms with E-state index in [0.717, 1.165) is 5.69 Å². The van der Waals surface area contributed by atoms with Gasteiger partial charge in [0, 0.05) is 13.5 Å². The summed E-state index contributed by atoms with van der Waals surface area (Å²) >= 11 is 0. The lowest BCUT2D eigenvalue weighted by Gasteiger charge is -2.18. The topological polar surface area (TPSA) is 57.5 Å². The second-order valence-electron chi connectivity index (χ2n) is 3.87. The van der Waals surface area contributed by atoms with Gasteiger partial charge in [-0.1, -0.05) is 0 Å². The highest BCUT2D eigenvalue weighted by Gasteiger charge is 2.25. The molecule has 0 fully saturated rings. The summed E-state index contributed by atoms with van der Waals surface area (Å²) in [6, 6.07) is 1.60. The lowest BCUT2D eigenvalue weighted by atomic mass is 10.2. The molecule has 0 saturated heterocycles. The van der Waals surface area contributed by atoms with E-state index in [1.54, 1.807) is 13.0 Å². The third-order valence-electron chi connectivity index (χ3n) is 2.76. The Morgan fingerprint density at radius 2 is 2.29 bits per heavy atom. The molecule has 0 atom stereocenters. The minimum absolute atomic E-state index is 0.0521. The summed E-state index contributed by atoms with van der Waals surface area (Å²) in [6.07, 6.45) is 0. The van der Waals surface area contributed by atoms with Crippen molar-refractivity contribution in [3.05, 3.63) is 23.0 Å². The maximum Gasteiger partial charge on any atom is 0.340 e. The number of carbonyl (C=O) groups excluding carboxylic acids is 2. The van der Waals surface area contributed by atoms with Gasteiger partial charge in [0.25, 0.3) is 0 Å². The number of esters is 1. The van der Waals surface area contributed by atoms with Crippen LogP contribution in [0.5, 0.6) is 0 Å². The first kappa shape index (κ1) is 11.9. The van der Waals surface area contributed by atoms with Gasteiger partial charge in [0.15, 0.2) is 5.78 Å². The second kappa shape index (κ2) is 4.71. The molecule has 0 spiro atoms. The molecular formula is C12H15NO4. The zero-order valence-corrected chi connectivity index (χ0v) is 9.99. The fourth-order valence-corrected chi connectivity index (χ4v) is 2.00. The molecule has 5 nitrogen and oxygen atoms in total. The van der Waals surface area contributed by atoms with Crippen molar-refractivity contribution in [2.24, 2.45) is 0 Å². The van der Waals surface area contributed by atoms with Gasteiger partial charge in [0.05, 0.1) is 36.8 Å². The zero-order chi connectivity index (χ0) is 12.4. The molecule has 2 heterocycles. The molecule has 1 aromatic rings. The summed E-state index contributed by atoms with van der Waals surface area (Å²) in [5.41, 5.74) is 1.73. The summed E-state index contributed by atoms with van der Waals surface area (Å²) in [5.74, 6) is -0.446. The highest BCUT2D eigenvalue weighted by molar-refractivity contribution is 5.98. The summed E-state index contributed by atoms with van der Waals surface area (Å²) < 4.78 is 12.1. The third kappa shape index (κ3) is 2.10. The van der Waals surface area contributed by atoms with E-state index in [4.69, 9.17) is 9.47 Å². The Morgan fingerprint density at radius 3 is 2.94 bits per heavy atom. The predicted molar refractivity (Wildman–Crippen MR) is 60.0 cm³/mol. The number of ether oxygens (including phenoxy) is 2. The molecule has 0 bridgehead atoms. The van der Waals surface area contributed by atoms with Gasteiger partial charge < -0.3 is 14.0 Å². The average molecular weight is 237 g/mol. The van der Waals surface area contributed by atoms with Crippen LogP contribution >= 0.6 is 0 Å². The Bertz CT molecular complexity index is 461. The molecule has 1 aromatic heterocycles. The van der Waals surface area contributed by atoms with Crippen LogP contribution in [0.1, 0.15) is 40.4 Å². The molecule has 0 amide bonds. The van der Waals surface area contributed by atoms with Crippen molar-refractivity contribution in [3.63, 3.8) is 0 Å². The summed E-state index contributed by atoms with van der Waals surface area (Å²) in [7, 11) is 0. The first-order valence-corrected chi connectivity index (χ1v) is 5.63. The SMILES string of the molecule is CCOC(=O)c1cc(C(C)=O)n2c1COCC2. The minimum atomic E-state index is -0.394. The van der Waals surface area contributed by atoms with E-state index < -0.39 is 5.97 Å². The number of ketones is 1. The predicted octanol–water partition coefficient (Wildman–Crippen LogP) is 1.40. The van der Waals surface area contributed by atoms with E-state index in [9.17, 15) is 9.59 Å². The monoisotopic (exact) mass is 237 g/mol. The Kier molecular flexibility index (Phi) is 3.28. The Labute approximate surface area is 99.3 Å². The van der Waals surface area contributed by atoms with Gasteiger partial charge in [0.1, 0.15) is 0 Å². The molecule has 0 aliphatic carbocycles. The number of fused-ring (bicyclic) bond motifs is 1. The smallest absolute Gasteiger partial charge is 0.340 e. The fourth-order valence-electron chi connectivity index (χ4n) is 2.00. The standard InChI is InChI=1S/C12H15NO4/c1-3-17-12(15)9-6-10(8(2)14)13-4-5-16-7-11(9)13/h6H,3-5,7H2,1-2H3. The Balaban J connectivity index is 2.45. The van der Waals surface area contributed by atoms with Gasteiger partial charge in [-0.15, -0.1) is 0 Å². The zero-order valence-electron chi connectivity index (χ0n) is 9.99. The van der Waals surface area contributed by atoms with Gasteiger partial charge in [-0.3, -0.25) is 4.79 Å². The van der Waals surface area contributed by atoms with Crippen molar-refractivity contribution in [3.8, 4) is 0 Å². The van der Waals surface area contributed by atoms with Gasteiger partial charge in [-0.2, -0.15) is 0 Å². The lowest BCUT2D eigenvalue weighted by molar-refractivity contribution is 0.0504. The van der Waals surface area contributed by atoms with Crippen molar-refractivity contribution in [1.82, 2.24) is 4.57 Å². The molecule has 17 heavy (non-hydrogen) atoms.